The maximum Gasteiger partial charge on any atom is 0.406 e. The standard InChI is InChI=1S/C10H7ClF4N2/c11-7-2-1-3-8(9(7)12)17-5-6(4-16)10(13,14)15/h1-3,6,17H,5H2. The van der Waals surface area contributed by atoms with Crippen LogP contribution in [0.1, 0.15) is 0 Å². The van der Waals surface area contributed by atoms with Gasteiger partial charge in [0.2, 0.25) is 0 Å². The summed E-state index contributed by atoms with van der Waals surface area (Å²) >= 11 is 5.45. The summed E-state index contributed by atoms with van der Waals surface area (Å²) in [5, 5.41) is 10.3. The van der Waals surface area contributed by atoms with Gasteiger partial charge in [0.15, 0.2) is 11.7 Å². The molecule has 0 amide bonds. The molecule has 0 aliphatic rings. The number of nitrogens with zero attached hydrogens (tertiary/aromatic N) is 1. The lowest BCUT2D eigenvalue weighted by Crippen LogP contribution is -2.28. The molecule has 0 aliphatic heterocycles. The highest BCUT2D eigenvalue weighted by Gasteiger charge is 2.39. The Balaban J connectivity index is 2.74. The minimum absolute atomic E-state index is 0.165. The van der Waals surface area contributed by atoms with Crippen molar-refractivity contribution in [2.24, 2.45) is 5.92 Å². The molecule has 1 aromatic rings. The Morgan fingerprint density at radius 2 is 2.06 bits per heavy atom. The van der Waals surface area contributed by atoms with Gasteiger partial charge in [-0.2, -0.15) is 18.4 Å². The Morgan fingerprint density at radius 3 is 2.59 bits per heavy atom. The van der Waals surface area contributed by atoms with Crippen molar-refractivity contribution in [1.29, 1.82) is 5.26 Å². The Morgan fingerprint density at radius 1 is 1.41 bits per heavy atom. The van der Waals surface area contributed by atoms with Gasteiger partial charge in [-0.1, -0.05) is 17.7 Å². The molecule has 0 spiro atoms. The third kappa shape index (κ3) is 3.49. The maximum atomic E-state index is 13.3. The highest BCUT2D eigenvalue weighted by molar-refractivity contribution is 6.31. The fourth-order valence-electron chi connectivity index (χ4n) is 1.09. The molecule has 0 heterocycles. The number of benzene rings is 1. The first-order valence-electron chi connectivity index (χ1n) is 4.50. The fourth-order valence-corrected chi connectivity index (χ4v) is 1.26. The molecular formula is C10H7ClF4N2. The summed E-state index contributed by atoms with van der Waals surface area (Å²) < 4.78 is 50.0. The average molecular weight is 267 g/mol. The number of rotatable bonds is 3. The molecule has 1 unspecified atom stereocenters. The number of nitriles is 1. The number of halogens is 5. The van der Waals surface area contributed by atoms with Gasteiger partial charge in [0.05, 0.1) is 16.8 Å². The molecule has 1 aromatic carbocycles. The second kappa shape index (κ2) is 5.23. The van der Waals surface area contributed by atoms with Crippen molar-refractivity contribution in [3.63, 3.8) is 0 Å². The lowest BCUT2D eigenvalue weighted by Gasteiger charge is -2.15. The first kappa shape index (κ1) is 13.6. The van der Waals surface area contributed by atoms with Crippen LogP contribution in [0.3, 0.4) is 0 Å². The van der Waals surface area contributed by atoms with Gasteiger partial charge in [-0.05, 0) is 12.1 Å². The molecule has 2 nitrogen and oxygen atoms in total. The summed E-state index contributed by atoms with van der Waals surface area (Å²) in [6.45, 7) is -0.725. The van der Waals surface area contributed by atoms with Crippen molar-refractivity contribution in [2.75, 3.05) is 11.9 Å². The summed E-state index contributed by atoms with van der Waals surface area (Å²) in [5.41, 5.74) is -0.165. The smallest absolute Gasteiger partial charge is 0.381 e. The van der Waals surface area contributed by atoms with Crippen LogP contribution >= 0.6 is 11.6 Å². The van der Waals surface area contributed by atoms with E-state index in [1.807, 2.05) is 0 Å². The van der Waals surface area contributed by atoms with E-state index in [0.717, 1.165) is 6.07 Å². The van der Waals surface area contributed by atoms with Crippen LogP contribution in [0.4, 0.5) is 23.2 Å². The SMILES string of the molecule is N#CC(CNc1cccc(Cl)c1F)C(F)(F)F. The molecule has 0 bridgehead atoms. The lowest BCUT2D eigenvalue weighted by atomic mass is 10.1. The van der Waals surface area contributed by atoms with E-state index >= 15 is 0 Å². The summed E-state index contributed by atoms with van der Waals surface area (Å²) in [6, 6.07) is 5.01. The van der Waals surface area contributed by atoms with Crippen LogP contribution < -0.4 is 5.32 Å². The molecule has 0 fully saturated rings. The Bertz CT molecular complexity index is 439. The highest BCUT2D eigenvalue weighted by atomic mass is 35.5. The zero-order chi connectivity index (χ0) is 13.1. The van der Waals surface area contributed by atoms with Gasteiger partial charge in [0, 0.05) is 6.54 Å². The van der Waals surface area contributed by atoms with Crippen molar-refractivity contribution < 1.29 is 17.6 Å². The van der Waals surface area contributed by atoms with Gasteiger partial charge in [-0.3, -0.25) is 0 Å². The minimum Gasteiger partial charge on any atom is -0.381 e. The van der Waals surface area contributed by atoms with Crippen LogP contribution in [-0.2, 0) is 0 Å². The van der Waals surface area contributed by atoms with Crippen molar-refractivity contribution in [2.45, 2.75) is 6.18 Å². The van der Waals surface area contributed by atoms with Crippen molar-refractivity contribution in [1.82, 2.24) is 0 Å². The van der Waals surface area contributed by atoms with E-state index in [2.05, 4.69) is 5.32 Å². The monoisotopic (exact) mass is 266 g/mol. The highest BCUT2D eigenvalue weighted by Crippen LogP contribution is 2.27. The zero-order valence-electron chi connectivity index (χ0n) is 8.35. The van der Waals surface area contributed by atoms with Crippen LogP contribution in [0.5, 0.6) is 0 Å². The van der Waals surface area contributed by atoms with Crippen LogP contribution in [0, 0.1) is 23.1 Å². The Labute approximate surface area is 99.8 Å². The number of anilines is 1. The van der Waals surface area contributed by atoms with Crippen molar-refractivity contribution >= 4 is 17.3 Å². The number of nitrogens with one attached hydrogen (secondary N) is 1. The van der Waals surface area contributed by atoms with Gasteiger partial charge in [0.25, 0.3) is 0 Å². The number of hydrogen-bond donors (Lipinski definition) is 1. The van der Waals surface area contributed by atoms with E-state index < -0.39 is 24.5 Å². The topological polar surface area (TPSA) is 35.8 Å². The molecule has 0 aromatic heterocycles. The van der Waals surface area contributed by atoms with E-state index in [1.54, 1.807) is 0 Å². The van der Waals surface area contributed by atoms with Gasteiger partial charge in [-0.15, -0.1) is 0 Å². The third-order valence-corrected chi connectivity index (χ3v) is 2.29. The second-order valence-electron chi connectivity index (χ2n) is 3.21. The van der Waals surface area contributed by atoms with Crippen molar-refractivity contribution in [3.8, 4) is 6.07 Å². The molecule has 0 aliphatic carbocycles. The molecule has 1 atom stereocenters. The van der Waals surface area contributed by atoms with E-state index in [9.17, 15) is 17.6 Å². The van der Waals surface area contributed by atoms with E-state index in [0.29, 0.717) is 0 Å². The molecule has 17 heavy (non-hydrogen) atoms. The third-order valence-electron chi connectivity index (χ3n) is 2.00. The summed E-state index contributed by atoms with van der Waals surface area (Å²) in [6.07, 6.45) is -4.64. The van der Waals surface area contributed by atoms with Gasteiger partial charge >= 0.3 is 6.18 Å². The molecule has 0 saturated carbocycles. The molecule has 0 saturated heterocycles. The molecule has 7 heteroatoms. The van der Waals surface area contributed by atoms with Crippen molar-refractivity contribution in [3.05, 3.63) is 29.0 Å². The first-order chi connectivity index (χ1) is 7.86. The summed E-state index contributed by atoms with van der Waals surface area (Å²) in [5.74, 6) is -3.03. The fraction of sp³-hybridized carbons (Fsp3) is 0.300. The van der Waals surface area contributed by atoms with E-state index in [-0.39, 0.29) is 10.7 Å². The Hall–Kier alpha value is -1.48. The van der Waals surface area contributed by atoms with Crippen LogP contribution in [0.2, 0.25) is 5.02 Å². The predicted octanol–water partition coefficient (Wildman–Crippen LogP) is 3.59. The van der Waals surface area contributed by atoms with E-state index in [4.69, 9.17) is 16.9 Å². The quantitative estimate of drug-likeness (QED) is 0.849. The minimum atomic E-state index is -4.64. The van der Waals surface area contributed by atoms with Crippen LogP contribution in [0.15, 0.2) is 18.2 Å². The van der Waals surface area contributed by atoms with Gasteiger partial charge in [0.1, 0.15) is 0 Å². The molecular weight excluding hydrogens is 260 g/mol. The molecule has 1 rings (SSSR count). The average Bonchev–Trinajstić information content (AvgIpc) is 2.23. The second-order valence-corrected chi connectivity index (χ2v) is 3.61. The summed E-state index contributed by atoms with van der Waals surface area (Å²) in [7, 11) is 0. The lowest BCUT2D eigenvalue weighted by molar-refractivity contribution is -0.155. The van der Waals surface area contributed by atoms with Gasteiger partial charge in [-0.25, -0.2) is 4.39 Å². The summed E-state index contributed by atoms with van der Waals surface area (Å²) in [4.78, 5) is 0. The Kier molecular flexibility index (Phi) is 4.18. The zero-order valence-corrected chi connectivity index (χ0v) is 9.11. The maximum absolute atomic E-state index is 13.3. The number of hydrogen-bond acceptors (Lipinski definition) is 2. The predicted molar refractivity (Wildman–Crippen MR) is 55.1 cm³/mol. The van der Waals surface area contributed by atoms with E-state index in [1.165, 1.54) is 18.2 Å². The number of alkyl halides is 3. The van der Waals surface area contributed by atoms with Crippen LogP contribution in [0.25, 0.3) is 0 Å². The molecule has 0 radical (unpaired) electrons. The normalized spacial score (nSPS) is 12.9. The largest absolute Gasteiger partial charge is 0.406 e. The van der Waals surface area contributed by atoms with Gasteiger partial charge < -0.3 is 5.32 Å². The first-order valence-corrected chi connectivity index (χ1v) is 4.88. The molecule has 92 valence electrons. The van der Waals surface area contributed by atoms with Crippen LogP contribution in [-0.4, -0.2) is 12.7 Å². The molecule has 1 N–H and O–H groups in total.